The van der Waals surface area contributed by atoms with Gasteiger partial charge < -0.3 is 15.5 Å². The van der Waals surface area contributed by atoms with Crippen molar-refractivity contribution in [2.75, 3.05) is 5.73 Å². The second kappa shape index (κ2) is 5.62. The van der Waals surface area contributed by atoms with Gasteiger partial charge in [-0.05, 0) is 31.5 Å². The van der Waals surface area contributed by atoms with Crippen molar-refractivity contribution in [3.8, 4) is 11.3 Å². The van der Waals surface area contributed by atoms with Crippen molar-refractivity contribution in [1.29, 1.82) is 0 Å². The average molecular weight is 280 g/mol. The Balaban J connectivity index is 2.00. The third kappa shape index (κ3) is 2.78. The molecular formula is C18H20N2O. The van der Waals surface area contributed by atoms with E-state index in [0.717, 1.165) is 33.4 Å². The molecule has 3 rings (SSSR count). The first-order valence-corrected chi connectivity index (χ1v) is 7.22. The fraction of sp³-hybridized carbons (Fsp3) is 0.222. The maximum Gasteiger partial charge on any atom is 0.0740 e. The number of aromatic amines is 1. The molecule has 1 heterocycles. The lowest BCUT2D eigenvalue weighted by Crippen LogP contribution is -2.04. The smallest absolute Gasteiger partial charge is 0.0740 e. The van der Waals surface area contributed by atoms with Crippen LogP contribution >= 0.6 is 0 Å². The van der Waals surface area contributed by atoms with Gasteiger partial charge in [-0.1, -0.05) is 36.4 Å². The molecule has 0 aliphatic rings. The van der Waals surface area contributed by atoms with Crippen molar-refractivity contribution in [1.82, 2.24) is 4.98 Å². The minimum absolute atomic E-state index is 0.200. The predicted molar refractivity (Wildman–Crippen MR) is 88.1 cm³/mol. The van der Waals surface area contributed by atoms with Crippen LogP contribution in [0.25, 0.3) is 22.2 Å². The van der Waals surface area contributed by atoms with Crippen molar-refractivity contribution >= 4 is 16.6 Å². The van der Waals surface area contributed by atoms with E-state index in [0.29, 0.717) is 6.61 Å². The lowest BCUT2D eigenvalue weighted by atomic mass is 10.1. The van der Waals surface area contributed by atoms with Gasteiger partial charge in [-0.25, -0.2) is 0 Å². The second-order valence-electron chi connectivity index (χ2n) is 5.51. The van der Waals surface area contributed by atoms with Gasteiger partial charge in [0.05, 0.1) is 12.7 Å². The van der Waals surface area contributed by atoms with E-state index in [1.807, 2.05) is 38.1 Å². The van der Waals surface area contributed by atoms with Crippen molar-refractivity contribution < 1.29 is 4.74 Å². The molecule has 0 saturated carbocycles. The molecule has 3 N–H and O–H groups in total. The van der Waals surface area contributed by atoms with Crippen LogP contribution in [0.5, 0.6) is 0 Å². The van der Waals surface area contributed by atoms with Gasteiger partial charge in [0.15, 0.2) is 0 Å². The third-order valence-corrected chi connectivity index (χ3v) is 3.59. The maximum absolute atomic E-state index is 6.30. The number of anilines is 1. The molecule has 108 valence electrons. The van der Waals surface area contributed by atoms with Gasteiger partial charge in [0, 0.05) is 27.8 Å². The largest absolute Gasteiger partial charge is 0.398 e. The quantitative estimate of drug-likeness (QED) is 0.698. The van der Waals surface area contributed by atoms with Crippen LogP contribution in [0.3, 0.4) is 0 Å². The summed E-state index contributed by atoms with van der Waals surface area (Å²) in [6.07, 6.45) is 0.200. The van der Waals surface area contributed by atoms with E-state index < -0.39 is 0 Å². The molecule has 0 bridgehead atoms. The topological polar surface area (TPSA) is 51.0 Å². The number of fused-ring (bicyclic) bond motifs is 1. The van der Waals surface area contributed by atoms with E-state index in [-0.39, 0.29) is 6.10 Å². The molecule has 0 radical (unpaired) electrons. The summed E-state index contributed by atoms with van der Waals surface area (Å²) in [7, 11) is 0. The normalized spacial score (nSPS) is 11.4. The van der Waals surface area contributed by atoms with Crippen LogP contribution < -0.4 is 5.73 Å². The first-order chi connectivity index (χ1) is 10.1. The molecule has 1 aromatic heterocycles. The summed E-state index contributed by atoms with van der Waals surface area (Å²) >= 11 is 0. The highest BCUT2D eigenvalue weighted by molar-refractivity contribution is 5.96. The van der Waals surface area contributed by atoms with E-state index in [4.69, 9.17) is 10.5 Å². The molecule has 0 saturated heterocycles. The average Bonchev–Trinajstić information content (AvgIpc) is 2.92. The lowest BCUT2D eigenvalue weighted by molar-refractivity contribution is 0.0661. The number of rotatable bonds is 4. The monoisotopic (exact) mass is 280 g/mol. The van der Waals surface area contributed by atoms with Gasteiger partial charge in [-0.3, -0.25) is 0 Å². The molecular weight excluding hydrogens is 260 g/mol. The first-order valence-electron chi connectivity index (χ1n) is 7.22. The van der Waals surface area contributed by atoms with Crippen LogP contribution in [0.4, 0.5) is 5.69 Å². The lowest BCUT2D eigenvalue weighted by Gasteiger charge is -2.10. The molecule has 0 aliphatic carbocycles. The van der Waals surface area contributed by atoms with Gasteiger partial charge in [0.25, 0.3) is 0 Å². The van der Waals surface area contributed by atoms with Gasteiger partial charge in [-0.15, -0.1) is 0 Å². The summed E-state index contributed by atoms with van der Waals surface area (Å²) in [6, 6.07) is 16.5. The van der Waals surface area contributed by atoms with Crippen LogP contribution in [0, 0.1) is 0 Å². The first kappa shape index (κ1) is 13.7. The van der Waals surface area contributed by atoms with Gasteiger partial charge in [0.1, 0.15) is 0 Å². The zero-order valence-corrected chi connectivity index (χ0v) is 12.4. The minimum atomic E-state index is 0.200. The Labute approximate surface area is 124 Å². The SMILES string of the molecule is CC(C)OCc1ccc2[nH]c(-c3ccccc3)cc2c1N. The number of aromatic nitrogens is 1. The van der Waals surface area contributed by atoms with Gasteiger partial charge in [-0.2, -0.15) is 0 Å². The summed E-state index contributed by atoms with van der Waals surface area (Å²) in [5, 5.41) is 1.05. The van der Waals surface area contributed by atoms with Crippen LogP contribution in [0.2, 0.25) is 0 Å². The molecule has 2 aromatic carbocycles. The molecule has 3 aromatic rings. The Hall–Kier alpha value is -2.26. The summed E-state index contributed by atoms with van der Waals surface area (Å²) in [6.45, 7) is 4.60. The van der Waals surface area contributed by atoms with Crippen LogP contribution in [0.15, 0.2) is 48.5 Å². The standard InChI is InChI=1S/C18H20N2O/c1-12(2)21-11-14-8-9-16-15(18(14)19)10-17(20-16)13-6-4-3-5-7-13/h3-10,12,20H,11,19H2,1-2H3. The highest BCUT2D eigenvalue weighted by atomic mass is 16.5. The molecule has 0 aliphatic heterocycles. The summed E-state index contributed by atoms with van der Waals surface area (Å²) in [5.74, 6) is 0. The number of nitrogens with one attached hydrogen (secondary N) is 1. The van der Waals surface area contributed by atoms with E-state index in [1.165, 1.54) is 0 Å². The number of hydrogen-bond acceptors (Lipinski definition) is 2. The Kier molecular flexibility index (Phi) is 3.67. The van der Waals surface area contributed by atoms with E-state index in [2.05, 4.69) is 29.2 Å². The maximum atomic E-state index is 6.30. The third-order valence-electron chi connectivity index (χ3n) is 3.59. The molecule has 0 amide bonds. The number of nitrogen functional groups attached to an aromatic ring is 1. The molecule has 0 atom stereocenters. The molecule has 0 fully saturated rings. The summed E-state index contributed by atoms with van der Waals surface area (Å²) < 4.78 is 5.66. The van der Waals surface area contributed by atoms with E-state index in [9.17, 15) is 0 Å². The molecule has 3 heteroatoms. The van der Waals surface area contributed by atoms with Crippen molar-refractivity contribution in [3.05, 3.63) is 54.1 Å². The Morgan fingerprint density at radius 3 is 2.57 bits per heavy atom. The fourth-order valence-corrected chi connectivity index (χ4v) is 2.43. The van der Waals surface area contributed by atoms with Gasteiger partial charge in [0.2, 0.25) is 0 Å². The fourth-order valence-electron chi connectivity index (χ4n) is 2.43. The zero-order valence-electron chi connectivity index (χ0n) is 12.4. The Morgan fingerprint density at radius 2 is 1.86 bits per heavy atom. The molecule has 3 nitrogen and oxygen atoms in total. The Morgan fingerprint density at radius 1 is 1.10 bits per heavy atom. The van der Waals surface area contributed by atoms with Crippen molar-refractivity contribution in [3.63, 3.8) is 0 Å². The van der Waals surface area contributed by atoms with Crippen molar-refractivity contribution in [2.45, 2.75) is 26.6 Å². The highest BCUT2D eigenvalue weighted by Gasteiger charge is 2.09. The van der Waals surface area contributed by atoms with Gasteiger partial charge >= 0.3 is 0 Å². The highest BCUT2D eigenvalue weighted by Crippen LogP contribution is 2.30. The van der Waals surface area contributed by atoms with E-state index >= 15 is 0 Å². The molecule has 0 unspecified atom stereocenters. The van der Waals surface area contributed by atoms with Crippen LogP contribution in [-0.2, 0) is 11.3 Å². The molecule has 21 heavy (non-hydrogen) atoms. The Bertz CT molecular complexity index is 745. The number of ether oxygens (including phenoxy) is 1. The van der Waals surface area contributed by atoms with Crippen LogP contribution in [0.1, 0.15) is 19.4 Å². The number of nitrogens with two attached hydrogens (primary N) is 1. The molecule has 0 spiro atoms. The second-order valence-corrected chi connectivity index (χ2v) is 5.51. The van der Waals surface area contributed by atoms with Crippen molar-refractivity contribution in [2.24, 2.45) is 0 Å². The summed E-state index contributed by atoms with van der Waals surface area (Å²) in [5.41, 5.74) is 11.4. The minimum Gasteiger partial charge on any atom is -0.398 e. The zero-order chi connectivity index (χ0) is 14.8. The van der Waals surface area contributed by atoms with Crippen LogP contribution in [-0.4, -0.2) is 11.1 Å². The number of hydrogen-bond donors (Lipinski definition) is 2. The number of benzene rings is 2. The predicted octanol–water partition coefficient (Wildman–Crippen LogP) is 4.34. The van der Waals surface area contributed by atoms with E-state index in [1.54, 1.807) is 0 Å². The summed E-state index contributed by atoms with van der Waals surface area (Å²) in [4.78, 5) is 3.42. The number of H-pyrrole nitrogens is 1.